The molecule has 0 amide bonds. The van der Waals surface area contributed by atoms with E-state index in [1.807, 2.05) is 0 Å². The summed E-state index contributed by atoms with van der Waals surface area (Å²) in [6, 6.07) is 0.445. The first kappa shape index (κ1) is 16.1. The molecule has 0 aromatic carbocycles. The summed E-state index contributed by atoms with van der Waals surface area (Å²) in [5.74, 6) is 0.174. The van der Waals surface area contributed by atoms with E-state index in [0.29, 0.717) is 19.0 Å². The fourth-order valence-corrected chi connectivity index (χ4v) is 2.75. The lowest BCUT2D eigenvalue weighted by molar-refractivity contribution is 0.555. The Balaban J connectivity index is 2.21. The van der Waals surface area contributed by atoms with Crippen LogP contribution < -0.4 is 10.0 Å². The lowest BCUT2D eigenvalue weighted by Crippen LogP contribution is -2.27. The van der Waals surface area contributed by atoms with E-state index in [1.54, 1.807) is 24.1 Å². The van der Waals surface area contributed by atoms with Gasteiger partial charge in [-0.25, -0.2) is 13.1 Å². The maximum absolute atomic E-state index is 11.7. The Bertz CT molecular complexity index is 468. The number of hydrogen-bond acceptors (Lipinski definition) is 4. The second kappa shape index (κ2) is 7.62. The molecule has 0 aliphatic heterocycles. The van der Waals surface area contributed by atoms with E-state index in [0.717, 1.165) is 18.5 Å². The van der Waals surface area contributed by atoms with E-state index in [-0.39, 0.29) is 5.75 Å². The van der Waals surface area contributed by atoms with Crippen molar-refractivity contribution in [3.63, 3.8) is 0 Å². The SMILES string of the molecule is CC(C)NCCCCS(=O)(=O)NCc1cnn(C)c1. The van der Waals surface area contributed by atoms with Gasteiger partial charge < -0.3 is 5.32 Å². The summed E-state index contributed by atoms with van der Waals surface area (Å²) in [4.78, 5) is 0. The van der Waals surface area contributed by atoms with Crippen molar-refractivity contribution in [2.45, 2.75) is 39.3 Å². The number of hydrogen-bond donors (Lipinski definition) is 2. The van der Waals surface area contributed by atoms with Crippen molar-refractivity contribution in [3.05, 3.63) is 18.0 Å². The highest BCUT2D eigenvalue weighted by Gasteiger charge is 2.10. The van der Waals surface area contributed by atoms with Crippen LogP contribution in [-0.4, -0.2) is 36.5 Å². The lowest BCUT2D eigenvalue weighted by Gasteiger charge is -2.08. The molecule has 0 aliphatic rings. The van der Waals surface area contributed by atoms with Crippen molar-refractivity contribution < 1.29 is 8.42 Å². The molecule has 0 spiro atoms. The average Bonchev–Trinajstić information content (AvgIpc) is 2.72. The van der Waals surface area contributed by atoms with Crippen LogP contribution in [0.25, 0.3) is 0 Å². The van der Waals surface area contributed by atoms with Crippen molar-refractivity contribution >= 4 is 10.0 Å². The zero-order valence-corrected chi connectivity index (χ0v) is 12.7. The standard InChI is InChI=1S/C12H24N4O2S/c1-11(2)13-6-4-5-7-19(17,18)15-9-12-8-14-16(3)10-12/h8,10-11,13,15H,4-7,9H2,1-3H3. The number of unbranched alkanes of at least 4 members (excludes halogenated alkanes) is 1. The van der Waals surface area contributed by atoms with Gasteiger partial charge in [0.25, 0.3) is 0 Å². The summed E-state index contributed by atoms with van der Waals surface area (Å²) in [5, 5.41) is 7.26. The first-order valence-corrected chi connectivity index (χ1v) is 8.22. The summed E-state index contributed by atoms with van der Waals surface area (Å²) in [6.07, 6.45) is 5.00. The van der Waals surface area contributed by atoms with Gasteiger partial charge in [-0.2, -0.15) is 5.10 Å². The normalized spacial score (nSPS) is 12.2. The van der Waals surface area contributed by atoms with E-state index in [2.05, 4.69) is 29.0 Å². The third-order valence-electron chi connectivity index (χ3n) is 2.65. The molecule has 0 aliphatic carbocycles. The predicted molar refractivity (Wildman–Crippen MR) is 76.2 cm³/mol. The highest BCUT2D eigenvalue weighted by Crippen LogP contribution is 1.99. The van der Waals surface area contributed by atoms with Gasteiger partial charge in [0.15, 0.2) is 0 Å². The van der Waals surface area contributed by atoms with Crippen LogP contribution >= 0.6 is 0 Å². The van der Waals surface area contributed by atoms with Gasteiger partial charge in [0.05, 0.1) is 11.9 Å². The van der Waals surface area contributed by atoms with E-state index in [9.17, 15) is 8.42 Å². The number of aromatic nitrogens is 2. The number of rotatable bonds is 9. The summed E-state index contributed by atoms with van der Waals surface area (Å²) in [5.41, 5.74) is 0.868. The second-order valence-corrected chi connectivity index (χ2v) is 6.90. The van der Waals surface area contributed by atoms with Gasteiger partial charge >= 0.3 is 0 Å². The largest absolute Gasteiger partial charge is 0.315 e. The molecule has 1 heterocycles. The average molecular weight is 288 g/mol. The Hall–Kier alpha value is -0.920. The Labute approximate surface area is 115 Å². The molecule has 110 valence electrons. The maximum Gasteiger partial charge on any atom is 0.211 e. The number of aryl methyl sites for hydroxylation is 1. The Kier molecular flexibility index (Phi) is 6.47. The van der Waals surface area contributed by atoms with Crippen LogP contribution in [0, 0.1) is 0 Å². The Morgan fingerprint density at radius 3 is 2.68 bits per heavy atom. The van der Waals surface area contributed by atoms with Gasteiger partial charge in [0, 0.05) is 31.4 Å². The Morgan fingerprint density at radius 1 is 1.37 bits per heavy atom. The summed E-state index contributed by atoms with van der Waals surface area (Å²) in [6.45, 7) is 5.31. The molecule has 0 unspecified atom stereocenters. The minimum absolute atomic E-state index is 0.174. The molecular formula is C12H24N4O2S. The summed E-state index contributed by atoms with van der Waals surface area (Å²) < 4.78 is 27.7. The Morgan fingerprint density at radius 2 is 2.11 bits per heavy atom. The molecule has 1 aromatic heterocycles. The van der Waals surface area contributed by atoms with Crippen molar-refractivity contribution in [1.29, 1.82) is 0 Å². The first-order chi connectivity index (χ1) is 8.89. The number of sulfonamides is 1. The first-order valence-electron chi connectivity index (χ1n) is 6.57. The molecule has 0 fully saturated rings. The van der Waals surface area contributed by atoms with Crippen LogP contribution in [0.3, 0.4) is 0 Å². The van der Waals surface area contributed by atoms with Crippen LogP contribution in [0.2, 0.25) is 0 Å². The molecule has 7 heteroatoms. The molecule has 0 saturated heterocycles. The molecule has 1 rings (SSSR count). The van der Waals surface area contributed by atoms with E-state index in [4.69, 9.17) is 0 Å². The molecule has 0 saturated carbocycles. The predicted octanol–water partition coefficient (Wildman–Crippen LogP) is 0.618. The van der Waals surface area contributed by atoms with Crippen molar-refractivity contribution in [2.75, 3.05) is 12.3 Å². The fourth-order valence-electron chi connectivity index (χ4n) is 1.64. The highest BCUT2D eigenvalue weighted by atomic mass is 32.2. The summed E-state index contributed by atoms with van der Waals surface area (Å²) in [7, 11) is -1.38. The van der Waals surface area contributed by atoms with Crippen LogP contribution in [0.4, 0.5) is 0 Å². The summed E-state index contributed by atoms with van der Waals surface area (Å²) >= 11 is 0. The molecular weight excluding hydrogens is 264 g/mol. The number of nitrogens with zero attached hydrogens (tertiary/aromatic N) is 2. The molecule has 19 heavy (non-hydrogen) atoms. The molecule has 0 radical (unpaired) electrons. The second-order valence-electron chi connectivity index (χ2n) is 4.98. The van der Waals surface area contributed by atoms with E-state index >= 15 is 0 Å². The van der Waals surface area contributed by atoms with E-state index in [1.165, 1.54) is 0 Å². The minimum Gasteiger partial charge on any atom is -0.315 e. The van der Waals surface area contributed by atoms with Gasteiger partial charge in [0.2, 0.25) is 10.0 Å². The maximum atomic E-state index is 11.7. The van der Waals surface area contributed by atoms with Crippen molar-refractivity contribution in [3.8, 4) is 0 Å². The molecule has 2 N–H and O–H groups in total. The van der Waals surface area contributed by atoms with Gasteiger partial charge in [-0.1, -0.05) is 13.8 Å². The zero-order chi connectivity index (χ0) is 14.3. The topological polar surface area (TPSA) is 76.0 Å². The van der Waals surface area contributed by atoms with Crippen molar-refractivity contribution in [1.82, 2.24) is 19.8 Å². The highest BCUT2D eigenvalue weighted by molar-refractivity contribution is 7.89. The zero-order valence-electron chi connectivity index (χ0n) is 11.9. The number of nitrogens with one attached hydrogen (secondary N) is 2. The smallest absolute Gasteiger partial charge is 0.211 e. The van der Waals surface area contributed by atoms with Crippen molar-refractivity contribution in [2.24, 2.45) is 7.05 Å². The van der Waals surface area contributed by atoms with E-state index < -0.39 is 10.0 Å². The van der Waals surface area contributed by atoms with Crippen LogP contribution in [0.1, 0.15) is 32.3 Å². The molecule has 1 aromatic rings. The fraction of sp³-hybridized carbons (Fsp3) is 0.750. The third-order valence-corrected chi connectivity index (χ3v) is 4.06. The van der Waals surface area contributed by atoms with Crippen LogP contribution in [0.15, 0.2) is 12.4 Å². The van der Waals surface area contributed by atoms with Gasteiger partial charge in [-0.15, -0.1) is 0 Å². The lowest BCUT2D eigenvalue weighted by atomic mass is 10.3. The molecule has 0 atom stereocenters. The quantitative estimate of drug-likeness (QED) is 0.653. The van der Waals surface area contributed by atoms with Crippen LogP contribution in [0.5, 0.6) is 0 Å². The monoisotopic (exact) mass is 288 g/mol. The van der Waals surface area contributed by atoms with Gasteiger partial charge in [0.1, 0.15) is 0 Å². The van der Waals surface area contributed by atoms with Crippen LogP contribution in [-0.2, 0) is 23.6 Å². The third kappa shape index (κ3) is 7.29. The minimum atomic E-state index is -3.19. The van der Waals surface area contributed by atoms with Gasteiger partial charge in [-0.05, 0) is 19.4 Å². The molecule has 0 bridgehead atoms. The molecule has 6 nitrogen and oxygen atoms in total. The van der Waals surface area contributed by atoms with Gasteiger partial charge in [-0.3, -0.25) is 4.68 Å².